The maximum absolute atomic E-state index is 13.6. The standard InChI is InChI=1S/C25H17F3N4O/c26-25(27,28)23-14-22(32(31-23)17-11-9-16(10-12-17)30-24(29)33)21-7-3-6-19-18-5-2-1-4-15(18)8-13-20(19)21/h1-14H,(H3,29,30,33). The summed E-state index contributed by atoms with van der Waals surface area (Å²) >= 11 is 0. The van der Waals surface area contributed by atoms with E-state index in [4.69, 9.17) is 5.73 Å². The van der Waals surface area contributed by atoms with Gasteiger partial charge in [-0.2, -0.15) is 18.3 Å². The number of hydrogen-bond acceptors (Lipinski definition) is 2. The summed E-state index contributed by atoms with van der Waals surface area (Å²) < 4.78 is 42.1. The van der Waals surface area contributed by atoms with Gasteiger partial charge in [0.25, 0.3) is 0 Å². The fourth-order valence-corrected chi connectivity index (χ4v) is 4.00. The Hall–Kier alpha value is -4.33. The Balaban J connectivity index is 1.73. The van der Waals surface area contributed by atoms with Crippen LogP contribution in [0, 0.1) is 0 Å². The Morgan fingerprint density at radius 2 is 1.58 bits per heavy atom. The van der Waals surface area contributed by atoms with Crippen molar-refractivity contribution in [2.75, 3.05) is 5.32 Å². The van der Waals surface area contributed by atoms with Gasteiger partial charge in [-0.15, -0.1) is 0 Å². The Morgan fingerprint density at radius 3 is 2.30 bits per heavy atom. The number of nitrogens with two attached hydrogens (primary N) is 1. The Morgan fingerprint density at radius 1 is 0.848 bits per heavy atom. The molecule has 0 radical (unpaired) electrons. The molecule has 5 nitrogen and oxygen atoms in total. The van der Waals surface area contributed by atoms with Crippen molar-refractivity contribution >= 4 is 33.3 Å². The van der Waals surface area contributed by atoms with Crippen molar-refractivity contribution < 1.29 is 18.0 Å². The molecule has 1 aromatic heterocycles. The maximum atomic E-state index is 13.6. The van der Waals surface area contributed by atoms with Crippen LogP contribution in [-0.4, -0.2) is 15.8 Å². The first kappa shape index (κ1) is 20.6. The predicted octanol–water partition coefficient (Wildman–Crippen LogP) is 6.36. The van der Waals surface area contributed by atoms with Gasteiger partial charge < -0.3 is 11.1 Å². The SMILES string of the molecule is NC(=O)Nc1ccc(-n2nc(C(F)(F)F)cc2-c2cccc3c2ccc2ccccc23)cc1. The van der Waals surface area contributed by atoms with Crippen LogP contribution in [0.1, 0.15) is 5.69 Å². The molecule has 0 aliphatic heterocycles. The number of nitrogens with one attached hydrogen (secondary N) is 1. The van der Waals surface area contributed by atoms with Gasteiger partial charge >= 0.3 is 12.2 Å². The normalized spacial score (nSPS) is 11.7. The molecule has 33 heavy (non-hydrogen) atoms. The number of urea groups is 1. The number of alkyl halides is 3. The summed E-state index contributed by atoms with van der Waals surface area (Å²) in [6, 6.07) is 23.9. The van der Waals surface area contributed by atoms with Gasteiger partial charge in [-0.1, -0.05) is 54.6 Å². The number of hydrogen-bond donors (Lipinski definition) is 2. The lowest BCUT2D eigenvalue weighted by Crippen LogP contribution is -2.19. The van der Waals surface area contributed by atoms with Gasteiger partial charge in [0.2, 0.25) is 0 Å². The van der Waals surface area contributed by atoms with Gasteiger partial charge in [-0.05, 0) is 51.9 Å². The molecule has 8 heteroatoms. The van der Waals surface area contributed by atoms with Crippen molar-refractivity contribution in [3.63, 3.8) is 0 Å². The maximum Gasteiger partial charge on any atom is 0.435 e. The van der Waals surface area contributed by atoms with Gasteiger partial charge in [0.1, 0.15) is 0 Å². The summed E-state index contributed by atoms with van der Waals surface area (Å²) in [7, 11) is 0. The molecule has 5 aromatic rings. The first-order valence-corrected chi connectivity index (χ1v) is 10.1. The minimum Gasteiger partial charge on any atom is -0.351 e. The summed E-state index contributed by atoms with van der Waals surface area (Å²) in [5.74, 6) is 0. The van der Waals surface area contributed by atoms with Gasteiger partial charge in [-0.25, -0.2) is 9.48 Å². The van der Waals surface area contributed by atoms with Crippen LogP contribution in [0.2, 0.25) is 0 Å². The molecule has 5 rings (SSSR count). The summed E-state index contributed by atoms with van der Waals surface area (Å²) in [5.41, 5.74) is 5.90. The molecule has 0 bridgehead atoms. The fraction of sp³-hybridized carbons (Fsp3) is 0.0400. The van der Waals surface area contributed by atoms with Crippen molar-refractivity contribution in [2.45, 2.75) is 6.18 Å². The van der Waals surface area contributed by atoms with E-state index in [2.05, 4.69) is 10.4 Å². The number of carbonyl (C=O) groups is 1. The van der Waals surface area contributed by atoms with Crippen LogP contribution in [0.15, 0.2) is 84.9 Å². The molecule has 0 saturated carbocycles. The van der Waals surface area contributed by atoms with Crippen molar-refractivity contribution in [3.05, 3.63) is 90.6 Å². The Labute approximate surface area is 186 Å². The molecular weight excluding hydrogens is 429 g/mol. The van der Waals surface area contributed by atoms with Crippen molar-refractivity contribution in [3.8, 4) is 16.9 Å². The van der Waals surface area contributed by atoms with E-state index in [1.807, 2.05) is 48.5 Å². The lowest BCUT2D eigenvalue weighted by Gasteiger charge is -2.12. The van der Waals surface area contributed by atoms with Crippen molar-refractivity contribution in [1.29, 1.82) is 0 Å². The predicted molar refractivity (Wildman–Crippen MR) is 122 cm³/mol. The number of amides is 2. The highest BCUT2D eigenvalue weighted by molar-refractivity contribution is 6.11. The highest BCUT2D eigenvalue weighted by Crippen LogP contribution is 2.37. The highest BCUT2D eigenvalue weighted by atomic mass is 19.4. The third kappa shape index (κ3) is 3.76. The summed E-state index contributed by atoms with van der Waals surface area (Å²) in [4.78, 5) is 11.1. The molecule has 2 amide bonds. The van der Waals surface area contributed by atoms with Gasteiger partial charge in [-0.3, -0.25) is 0 Å². The van der Waals surface area contributed by atoms with Crippen LogP contribution in [0.25, 0.3) is 38.5 Å². The Bertz CT molecular complexity index is 1500. The van der Waals surface area contributed by atoms with Gasteiger partial charge in [0.05, 0.1) is 11.4 Å². The number of halogens is 3. The van der Waals surface area contributed by atoms with E-state index in [1.54, 1.807) is 30.3 Å². The molecular formula is C25H17F3N4O. The molecule has 0 atom stereocenters. The first-order valence-electron chi connectivity index (χ1n) is 10.1. The quantitative estimate of drug-likeness (QED) is 0.317. The number of fused-ring (bicyclic) bond motifs is 3. The third-order valence-corrected chi connectivity index (χ3v) is 5.44. The zero-order valence-corrected chi connectivity index (χ0v) is 17.1. The second kappa shape index (κ2) is 7.67. The van der Waals surface area contributed by atoms with E-state index in [-0.39, 0.29) is 0 Å². The Kier molecular flexibility index (Phi) is 4.78. The van der Waals surface area contributed by atoms with E-state index in [0.29, 0.717) is 22.6 Å². The summed E-state index contributed by atoms with van der Waals surface area (Å²) in [6.45, 7) is 0. The molecule has 0 saturated heterocycles. The number of aromatic nitrogens is 2. The summed E-state index contributed by atoms with van der Waals surface area (Å²) in [5, 5.41) is 10.1. The fourth-order valence-electron chi connectivity index (χ4n) is 4.00. The zero-order valence-electron chi connectivity index (χ0n) is 17.1. The average molecular weight is 446 g/mol. The second-order valence-electron chi connectivity index (χ2n) is 7.55. The molecule has 0 aliphatic carbocycles. The number of primary amides is 1. The number of benzene rings is 4. The molecule has 1 heterocycles. The van der Waals surface area contributed by atoms with E-state index >= 15 is 0 Å². The molecule has 4 aromatic carbocycles. The molecule has 164 valence electrons. The minimum absolute atomic E-state index is 0.304. The van der Waals surface area contributed by atoms with Crippen LogP contribution >= 0.6 is 0 Å². The summed E-state index contributed by atoms with van der Waals surface area (Å²) in [6.07, 6.45) is -4.61. The number of nitrogens with zero attached hydrogens (tertiary/aromatic N) is 2. The van der Waals surface area contributed by atoms with Crippen LogP contribution in [0.3, 0.4) is 0 Å². The number of rotatable bonds is 3. The second-order valence-corrected chi connectivity index (χ2v) is 7.55. The van der Waals surface area contributed by atoms with Gasteiger partial charge in [0, 0.05) is 11.3 Å². The van der Waals surface area contributed by atoms with Crippen LogP contribution in [-0.2, 0) is 6.18 Å². The lowest BCUT2D eigenvalue weighted by molar-refractivity contribution is -0.141. The van der Waals surface area contributed by atoms with Crippen LogP contribution in [0.5, 0.6) is 0 Å². The van der Waals surface area contributed by atoms with Crippen LogP contribution < -0.4 is 11.1 Å². The van der Waals surface area contributed by atoms with E-state index in [0.717, 1.165) is 27.6 Å². The minimum atomic E-state index is -4.61. The molecule has 3 N–H and O–H groups in total. The molecule has 0 unspecified atom stereocenters. The first-order chi connectivity index (χ1) is 15.8. The van der Waals surface area contributed by atoms with Crippen LogP contribution in [0.4, 0.5) is 23.7 Å². The van der Waals surface area contributed by atoms with E-state index in [1.165, 1.54) is 4.68 Å². The third-order valence-electron chi connectivity index (χ3n) is 5.44. The zero-order chi connectivity index (χ0) is 23.2. The van der Waals surface area contributed by atoms with E-state index < -0.39 is 17.9 Å². The van der Waals surface area contributed by atoms with Crippen molar-refractivity contribution in [2.24, 2.45) is 5.73 Å². The van der Waals surface area contributed by atoms with E-state index in [9.17, 15) is 18.0 Å². The van der Waals surface area contributed by atoms with Crippen molar-refractivity contribution in [1.82, 2.24) is 9.78 Å². The lowest BCUT2D eigenvalue weighted by atomic mass is 9.97. The molecule has 0 fully saturated rings. The number of carbonyl (C=O) groups excluding carboxylic acids is 1. The molecule has 0 spiro atoms. The van der Waals surface area contributed by atoms with Gasteiger partial charge in [0.15, 0.2) is 5.69 Å². The number of anilines is 1. The average Bonchev–Trinajstić information content (AvgIpc) is 3.24. The largest absolute Gasteiger partial charge is 0.435 e. The smallest absolute Gasteiger partial charge is 0.351 e. The highest BCUT2D eigenvalue weighted by Gasteiger charge is 2.35. The molecule has 0 aliphatic rings. The monoisotopic (exact) mass is 446 g/mol. The topological polar surface area (TPSA) is 72.9 Å².